The van der Waals surface area contributed by atoms with Crippen LogP contribution in [0.4, 0.5) is 17.3 Å². The molecule has 0 amide bonds. The molecule has 1 heterocycles. The average molecular weight is 399 g/mol. The van der Waals surface area contributed by atoms with Gasteiger partial charge in [0.15, 0.2) is 5.11 Å². The van der Waals surface area contributed by atoms with E-state index in [-0.39, 0.29) is 28.9 Å². The molecule has 140 valence electrons. The third kappa shape index (κ3) is 3.80. The molecule has 11 nitrogen and oxygen atoms in total. The Morgan fingerprint density at radius 1 is 1.38 bits per heavy atom. The fourth-order valence-electron chi connectivity index (χ4n) is 2.42. The number of nitrogens with two attached hydrogens (primary N) is 3. The first-order valence-electron chi connectivity index (χ1n) is 7.22. The minimum absolute atomic E-state index is 0.0359. The van der Waals surface area contributed by atoms with Crippen LogP contribution in [0.15, 0.2) is 29.2 Å². The first-order valence-corrected chi connectivity index (χ1v) is 9.17. The zero-order valence-electron chi connectivity index (χ0n) is 13.7. The molecule has 0 aliphatic rings. The second-order valence-corrected chi connectivity index (χ2v) is 7.20. The van der Waals surface area contributed by atoms with Crippen molar-refractivity contribution in [2.75, 3.05) is 11.4 Å². The number of rotatable bonds is 6. The third-order valence-electron chi connectivity index (χ3n) is 3.50. The molecule has 1 aromatic carbocycles. The Morgan fingerprint density at radius 2 is 1.96 bits per heavy atom. The second kappa shape index (κ2) is 7.33. The summed E-state index contributed by atoms with van der Waals surface area (Å²) in [7, 11) is -3.89. The topological polar surface area (TPSA) is 176 Å². The van der Waals surface area contributed by atoms with Gasteiger partial charge in [-0.3, -0.25) is 9.47 Å². The van der Waals surface area contributed by atoms with E-state index in [4.69, 9.17) is 28.8 Å². The molecule has 13 heteroatoms. The molecule has 0 aliphatic carbocycles. The fourth-order valence-corrected chi connectivity index (χ4v) is 3.12. The third-order valence-corrected chi connectivity index (χ3v) is 4.61. The second-order valence-electron chi connectivity index (χ2n) is 5.22. The maximum atomic E-state index is 11.4. The highest BCUT2D eigenvalue weighted by Crippen LogP contribution is 2.34. The van der Waals surface area contributed by atoms with Crippen molar-refractivity contribution in [2.45, 2.75) is 18.4 Å². The summed E-state index contributed by atoms with van der Waals surface area (Å²) in [4.78, 5) is 15.8. The van der Waals surface area contributed by atoms with Crippen LogP contribution in [0.1, 0.15) is 5.82 Å². The van der Waals surface area contributed by atoms with Crippen molar-refractivity contribution >= 4 is 44.7 Å². The number of sulfonamides is 1. The molecule has 0 atom stereocenters. The van der Waals surface area contributed by atoms with Crippen LogP contribution >= 0.6 is 12.2 Å². The monoisotopic (exact) mass is 399 g/mol. The van der Waals surface area contributed by atoms with Crippen LogP contribution in [0.2, 0.25) is 0 Å². The molecule has 0 radical (unpaired) electrons. The van der Waals surface area contributed by atoms with Crippen LogP contribution in [0.5, 0.6) is 0 Å². The van der Waals surface area contributed by atoms with Crippen molar-refractivity contribution in [3.63, 3.8) is 0 Å². The number of benzene rings is 1. The normalized spacial score (nSPS) is 11.3. The van der Waals surface area contributed by atoms with Crippen LogP contribution in [0.3, 0.4) is 0 Å². The lowest BCUT2D eigenvalue weighted by molar-refractivity contribution is -0.388. The molecule has 0 fully saturated rings. The standard InChI is InChI=1S/C13H17N7O4S2/c1-8-17-11(20(21)22)12(18(8)7-6-14)19(13(15)25)9-2-4-10(5-3-9)26(16,23)24/h2-5H,6-7,14H2,1H3,(H2,15,25)(H2,16,23,24). The van der Waals surface area contributed by atoms with Gasteiger partial charge in [-0.15, -0.1) is 0 Å². The number of aryl methyl sites for hydroxylation is 1. The van der Waals surface area contributed by atoms with Crippen molar-refractivity contribution in [1.82, 2.24) is 9.55 Å². The lowest BCUT2D eigenvalue weighted by Crippen LogP contribution is -2.34. The molecule has 26 heavy (non-hydrogen) atoms. The Labute approximate surface area is 154 Å². The van der Waals surface area contributed by atoms with E-state index in [0.717, 1.165) is 0 Å². The lowest BCUT2D eigenvalue weighted by atomic mass is 10.3. The Balaban J connectivity index is 2.68. The van der Waals surface area contributed by atoms with Gasteiger partial charge < -0.3 is 21.6 Å². The first kappa shape index (κ1) is 19.7. The average Bonchev–Trinajstić information content (AvgIpc) is 2.85. The number of thiocarbonyl (C=S) groups is 1. The van der Waals surface area contributed by atoms with Gasteiger partial charge in [-0.2, -0.15) is 0 Å². The van der Waals surface area contributed by atoms with Crippen molar-refractivity contribution in [3.05, 3.63) is 40.2 Å². The number of nitrogens with zero attached hydrogens (tertiary/aromatic N) is 4. The molecule has 0 aliphatic heterocycles. The van der Waals surface area contributed by atoms with Gasteiger partial charge in [0, 0.05) is 20.0 Å². The molecule has 2 rings (SSSR count). The van der Waals surface area contributed by atoms with E-state index < -0.39 is 20.8 Å². The SMILES string of the molecule is Cc1nc([N+](=O)[O-])c(N(C(N)=S)c2ccc(S(N)(=O)=O)cc2)n1CCN. The van der Waals surface area contributed by atoms with Gasteiger partial charge in [0.25, 0.3) is 0 Å². The summed E-state index contributed by atoms with van der Waals surface area (Å²) in [6.07, 6.45) is 0. The fraction of sp³-hybridized carbons (Fsp3) is 0.231. The highest BCUT2D eigenvalue weighted by Gasteiger charge is 2.32. The van der Waals surface area contributed by atoms with Gasteiger partial charge in [0.05, 0.1) is 10.6 Å². The summed E-state index contributed by atoms with van der Waals surface area (Å²) < 4.78 is 24.3. The minimum Gasteiger partial charge on any atom is -0.376 e. The zero-order valence-corrected chi connectivity index (χ0v) is 15.3. The van der Waals surface area contributed by atoms with Crippen LogP contribution in [-0.2, 0) is 16.6 Å². The summed E-state index contributed by atoms with van der Waals surface area (Å²) in [5, 5.41) is 16.3. The molecule has 0 spiro atoms. The maximum absolute atomic E-state index is 11.4. The van der Waals surface area contributed by atoms with E-state index in [9.17, 15) is 18.5 Å². The van der Waals surface area contributed by atoms with Crippen LogP contribution < -0.4 is 21.5 Å². The van der Waals surface area contributed by atoms with Gasteiger partial charge in [-0.25, -0.2) is 13.6 Å². The molecule has 2 aromatic rings. The quantitative estimate of drug-likeness (QED) is 0.345. The van der Waals surface area contributed by atoms with E-state index in [1.807, 2.05) is 0 Å². The van der Waals surface area contributed by atoms with Gasteiger partial charge >= 0.3 is 5.82 Å². The Morgan fingerprint density at radius 3 is 2.38 bits per heavy atom. The smallest absolute Gasteiger partial charge is 0.376 e. The van der Waals surface area contributed by atoms with Gasteiger partial charge in [0.1, 0.15) is 0 Å². The highest BCUT2D eigenvalue weighted by molar-refractivity contribution is 7.89. The van der Waals surface area contributed by atoms with Crippen molar-refractivity contribution in [3.8, 4) is 0 Å². The Kier molecular flexibility index (Phi) is 5.56. The van der Waals surface area contributed by atoms with E-state index in [1.54, 1.807) is 6.92 Å². The molecular weight excluding hydrogens is 382 g/mol. The molecule has 0 bridgehead atoms. The number of primary sulfonamides is 1. The predicted molar refractivity (Wildman–Crippen MR) is 99.4 cm³/mol. The summed E-state index contributed by atoms with van der Waals surface area (Å²) in [6, 6.07) is 5.27. The van der Waals surface area contributed by atoms with Crippen LogP contribution in [0, 0.1) is 17.0 Å². The number of imidazole rings is 1. The first-order chi connectivity index (χ1) is 12.1. The molecular formula is C13H17N7O4S2. The predicted octanol–water partition coefficient (Wildman–Crippen LogP) is 0.0875. The van der Waals surface area contributed by atoms with Gasteiger partial charge in [-0.1, -0.05) is 0 Å². The van der Waals surface area contributed by atoms with E-state index >= 15 is 0 Å². The highest BCUT2D eigenvalue weighted by atomic mass is 32.2. The minimum atomic E-state index is -3.89. The molecule has 0 saturated heterocycles. The van der Waals surface area contributed by atoms with Crippen molar-refractivity contribution in [2.24, 2.45) is 16.6 Å². The number of aromatic nitrogens is 2. The number of hydrogen-bond donors (Lipinski definition) is 3. The lowest BCUT2D eigenvalue weighted by Gasteiger charge is -2.23. The molecule has 0 unspecified atom stereocenters. The molecule has 1 aromatic heterocycles. The summed E-state index contributed by atoms with van der Waals surface area (Å²) in [6.45, 7) is 2.04. The summed E-state index contributed by atoms with van der Waals surface area (Å²) in [5.41, 5.74) is 11.7. The van der Waals surface area contributed by atoms with Crippen molar-refractivity contribution < 1.29 is 13.3 Å². The van der Waals surface area contributed by atoms with Gasteiger partial charge in [-0.05, 0) is 46.4 Å². The Bertz CT molecular complexity index is 954. The van der Waals surface area contributed by atoms with E-state index in [2.05, 4.69) is 4.98 Å². The zero-order chi connectivity index (χ0) is 19.6. The summed E-state index contributed by atoms with van der Waals surface area (Å²) >= 11 is 5.05. The Hall–Kier alpha value is -2.61. The molecule has 6 N–H and O–H groups in total. The van der Waals surface area contributed by atoms with Crippen LogP contribution in [-0.4, -0.2) is 34.5 Å². The maximum Gasteiger partial charge on any atom is 0.407 e. The van der Waals surface area contributed by atoms with E-state index in [0.29, 0.717) is 11.5 Å². The van der Waals surface area contributed by atoms with Gasteiger partial charge in [0.2, 0.25) is 21.7 Å². The van der Waals surface area contributed by atoms with E-state index in [1.165, 1.54) is 33.7 Å². The number of anilines is 2. The molecule has 0 saturated carbocycles. The van der Waals surface area contributed by atoms with Crippen molar-refractivity contribution in [1.29, 1.82) is 0 Å². The summed E-state index contributed by atoms with van der Waals surface area (Å²) in [5.74, 6) is -0.0485. The number of hydrogen-bond acceptors (Lipinski definition) is 7. The van der Waals surface area contributed by atoms with Crippen LogP contribution in [0.25, 0.3) is 0 Å². The largest absolute Gasteiger partial charge is 0.407 e. The number of nitro groups is 1.